The molecule has 1 heterocycles. The number of thiophene rings is 1. The van der Waals surface area contributed by atoms with E-state index in [4.69, 9.17) is 0 Å². The lowest BCUT2D eigenvalue weighted by Gasteiger charge is -2.04. The van der Waals surface area contributed by atoms with Gasteiger partial charge in [0, 0.05) is 10.6 Å². The minimum atomic E-state index is 0.724. The van der Waals surface area contributed by atoms with E-state index in [1.165, 1.54) is 54.5 Å². The van der Waals surface area contributed by atoms with Crippen molar-refractivity contribution in [2.24, 2.45) is 4.99 Å². The molecule has 0 unspecified atom stereocenters. The molecule has 0 aromatic carbocycles. The van der Waals surface area contributed by atoms with Crippen LogP contribution in [0.25, 0.3) is 0 Å². The fraction of sp³-hybridized carbons (Fsp3) is 0.600. The normalized spacial score (nSPS) is 14.4. The number of nitrogens with one attached hydrogen (secondary N) is 1. The number of aliphatic imine (C=N–C) groups is 1. The summed E-state index contributed by atoms with van der Waals surface area (Å²) in [5.74, 6) is 1.01. The fourth-order valence-electron chi connectivity index (χ4n) is 2.42. The largest absolute Gasteiger partial charge is 0.308 e. The fourth-order valence-corrected chi connectivity index (χ4v) is 4.58. The summed E-state index contributed by atoms with van der Waals surface area (Å²) in [6, 6.07) is 0. The van der Waals surface area contributed by atoms with Gasteiger partial charge in [0.2, 0.25) is 6.41 Å². The average Bonchev–Trinajstić information content (AvgIpc) is 2.99. The topological polar surface area (TPSA) is 41.5 Å². The van der Waals surface area contributed by atoms with E-state index in [9.17, 15) is 4.79 Å². The van der Waals surface area contributed by atoms with Crippen LogP contribution in [-0.4, -0.2) is 17.3 Å². The molecule has 0 aliphatic heterocycles. The molecule has 1 aromatic heterocycles. The highest BCUT2D eigenvalue weighted by atomic mass is 32.2. The summed E-state index contributed by atoms with van der Waals surface area (Å²) in [6.45, 7) is 4.35. The lowest BCUT2D eigenvalue weighted by Crippen LogP contribution is -2.18. The van der Waals surface area contributed by atoms with E-state index in [0.29, 0.717) is 0 Å². The Labute approximate surface area is 129 Å². The van der Waals surface area contributed by atoms with Gasteiger partial charge >= 0.3 is 0 Å². The van der Waals surface area contributed by atoms with Gasteiger partial charge in [0.25, 0.3) is 0 Å². The number of thioether (sulfide) groups is 1. The first-order valence-electron chi connectivity index (χ1n) is 7.29. The minimum absolute atomic E-state index is 0.724. The molecule has 1 amide bonds. The van der Waals surface area contributed by atoms with Gasteiger partial charge in [-0.05, 0) is 43.7 Å². The Kier molecular flexibility index (Phi) is 6.10. The Hall–Kier alpha value is -0.810. The van der Waals surface area contributed by atoms with Gasteiger partial charge in [-0.2, -0.15) is 0 Å². The number of amides is 1. The lowest BCUT2D eigenvalue weighted by molar-refractivity contribution is -0.108. The minimum Gasteiger partial charge on any atom is -0.308 e. The first kappa shape index (κ1) is 15.6. The molecule has 1 aliphatic rings. The first-order chi connectivity index (χ1) is 9.76. The van der Waals surface area contributed by atoms with Crippen molar-refractivity contribution in [1.82, 2.24) is 5.32 Å². The molecule has 0 atom stereocenters. The van der Waals surface area contributed by atoms with Gasteiger partial charge in [0.15, 0.2) is 5.17 Å². The van der Waals surface area contributed by atoms with Crippen molar-refractivity contribution in [1.29, 1.82) is 0 Å². The van der Waals surface area contributed by atoms with E-state index >= 15 is 0 Å². The number of hydrogen-bond acceptors (Lipinski definition) is 4. The zero-order chi connectivity index (χ0) is 14.4. The molecule has 1 aliphatic carbocycles. The molecule has 5 heteroatoms. The standard InChI is InChI=1S/C15H22N2OS2/c1-3-4-5-9-19-15(16-10-18)17-14-11(2)12-7-6-8-13(12)20-14/h10H,3-9H2,1-2H3,(H,16,17,18). The zero-order valence-corrected chi connectivity index (χ0v) is 13.8. The number of hydrogen-bond donors (Lipinski definition) is 1. The molecule has 0 spiro atoms. The summed E-state index contributed by atoms with van der Waals surface area (Å²) in [5, 5.41) is 4.55. The van der Waals surface area contributed by atoms with Crippen molar-refractivity contribution in [2.45, 2.75) is 52.4 Å². The monoisotopic (exact) mass is 310 g/mol. The Bertz CT molecular complexity index is 494. The second-order valence-electron chi connectivity index (χ2n) is 5.02. The van der Waals surface area contributed by atoms with E-state index in [2.05, 4.69) is 24.2 Å². The number of carbonyl (C=O) groups excluding carboxylic acids is 1. The van der Waals surface area contributed by atoms with Crippen molar-refractivity contribution < 1.29 is 4.79 Å². The molecule has 0 saturated heterocycles. The Balaban J connectivity index is 2.06. The summed E-state index contributed by atoms with van der Waals surface area (Å²) in [5.41, 5.74) is 2.80. The highest BCUT2D eigenvalue weighted by molar-refractivity contribution is 8.13. The SMILES string of the molecule is CCCCCS/C(=N/c1sc2c(c1C)CCC2)NC=O. The van der Waals surface area contributed by atoms with E-state index in [-0.39, 0.29) is 0 Å². The van der Waals surface area contributed by atoms with E-state index < -0.39 is 0 Å². The van der Waals surface area contributed by atoms with Crippen molar-refractivity contribution in [3.63, 3.8) is 0 Å². The maximum absolute atomic E-state index is 10.7. The first-order valence-corrected chi connectivity index (χ1v) is 9.09. The number of amidine groups is 1. The molecule has 0 bridgehead atoms. The van der Waals surface area contributed by atoms with Gasteiger partial charge < -0.3 is 5.32 Å². The Morgan fingerprint density at radius 3 is 3.00 bits per heavy atom. The van der Waals surface area contributed by atoms with Crippen LogP contribution in [0.4, 0.5) is 5.00 Å². The smallest absolute Gasteiger partial charge is 0.213 e. The van der Waals surface area contributed by atoms with Crippen molar-refractivity contribution in [2.75, 3.05) is 5.75 Å². The van der Waals surface area contributed by atoms with Crippen molar-refractivity contribution in [3.8, 4) is 0 Å². The quantitative estimate of drug-likeness (QED) is 0.370. The summed E-state index contributed by atoms with van der Waals surface area (Å²) in [6.07, 6.45) is 7.99. The number of nitrogens with zero attached hydrogens (tertiary/aromatic N) is 1. The predicted octanol–water partition coefficient (Wildman–Crippen LogP) is 4.20. The van der Waals surface area contributed by atoms with Crippen LogP contribution in [-0.2, 0) is 17.6 Å². The number of aryl methyl sites for hydroxylation is 1. The van der Waals surface area contributed by atoms with Crippen LogP contribution in [0.3, 0.4) is 0 Å². The molecule has 0 fully saturated rings. The predicted molar refractivity (Wildman–Crippen MR) is 89.4 cm³/mol. The van der Waals surface area contributed by atoms with Crippen LogP contribution in [0.1, 0.15) is 48.6 Å². The summed E-state index contributed by atoms with van der Waals surface area (Å²) < 4.78 is 0. The molecule has 1 N–H and O–H groups in total. The molecule has 1 aromatic rings. The average molecular weight is 310 g/mol. The molecular formula is C15H22N2OS2. The van der Waals surface area contributed by atoms with Crippen LogP contribution in [0, 0.1) is 6.92 Å². The van der Waals surface area contributed by atoms with Crippen molar-refractivity contribution >= 4 is 39.7 Å². The molecular weight excluding hydrogens is 288 g/mol. The Morgan fingerprint density at radius 1 is 1.45 bits per heavy atom. The summed E-state index contributed by atoms with van der Waals surface area (Å²) >= 11 is 3.43. The Morgan fingerprint density at radius 2 is 2.30 bits per heavy atom. The summed E-state index contributed by atoms with van der Waals surface area (Å²) in [7, 11) is 0. The van der Waals surface area contributed by atoms with E-state index in [0.717, 1.165) is 22.3 Å². The van der Waals surface area contributed by atoms with Gasteiger partial charge in [-0.15, -0.1) is 11.3 Å². The van der Waals surface area contributed by atoms with Crippen LogP contribution >= 0.6 is 23.1 Å². The third-order valence-corrected chi connectivity index (χ3v) is 5.80. The van der Waals surface area contributed by atoms with Crippen LogP contribution in [0.15, 0.2) is 4.99 Å². The second kappa shape index (κ2) is 7.84. The molecule has 110 valence electrons. The second-order valence-corrected chi connectivity index (χ2v) is 7.19. The van der Waals surface area contributed by atoms with Crippen LogP contribution in [0.2, 0.25) is 0 Å². The molecule has 0 saturated carbocycles. The maximum Gasteiger partial charge on any atom is 0.213 e. The third-order valence-electron chi connectivity index (χ3n) is 3.53. The highest BCUT2D eigenvalue weighted by Gasteiger charge is 2.19. The van der Waals surface area contributed by atoms with Gasteiger partial charge in [-0.25, -0.2) is 4.99 Å². The van der Waals surface area contributed by atoms with E-state index in [1.807, 2.05) is 0 Å². The van der Waals surface area contributed by atoms with Gasteiger partial charge in [-0.3, -0.25) is 4.79 Å². The van der Waals surface area contributed by atoms with Crippen LogP contribution < -0.4 is 5.32 Å². The lowest BCUT2D eigenvalue weighted by atomic mass is 10.2. The van der Waals surface area contributed by atoms with Crippen molar-refractivity contribution in [3.05, 3.63) is 16.0 Å². The maximum atomic E-state index is 10.7. The molecule has 3 nitrogen and oxygen atoms in total. The summed E-state index contributed by atoms with van der Waals surface area (Å²) in [4.78, 5) is 16.9. The van der Waals surface area contributed by atoms with Gasteiger partial charge in [0.1, 0.15) is 5.00 Å². The van der Waals surface area contributed by atoms with Gasteiger partial charge in [0.05, 0.1) is 0 Å². The third kappa shape index (κ3) is 3.85. The molecule has 0 radical (unpaired) electrons. The molecule has 2 rings (SSSR count). The number of fused-ring (bicyclic) bond motifs is 1. The number of rotatable bonds is 6. The molecule has 20 heavy (non-hydrogen) atoms. The van der Waals surface area contributed by atoms with Gasteiger partial charge in [-0.1, -0.05) is 31.5 Å². The number of carbonyl (C=O) groups is 1. The van der Waals surface area contributed by atoms with E-state index in [1.54, 1.807) is 23.1 Å². The van der Waals surface area contributed by atoms with Crippen LogP contribution in [0.5, 0.6) is 0 Å². The zero-order valence-electron chi connectivity index (χ0n) is 12.2. The highest BCUT2D eigenvalue weighted by Crippen LogP contribution is 2.40. The number of unbranched alkanes of at least 4 members (excludes halogenated alkanes) is 2.